The van der Waals surface area contributed by atoms with Crippen molar-refractivity contribution >= 4 is 17.5 Å². The number of halogens is 1. The van der Waals surface area contributed by atoms with Gasteiger partial charge in [-0.05, 0) is 18.1 Å². The minimum Gasteiger partial charge on any atom is -0.341 e. The summed E-state index contributed by atoms with van der Waals surface area (Å²) in [5.74, 6) is 0.0341. The topological polar surface area (TPSA) is 20.3 Å². The largest absolute Gasteiger partial charge is 0.341 e. The maximum atomic E-state index is 11.7. The lowest BCUT2D eigenvalue weighted by atomic mass is 9.99. The van der Waals surface area contributed by atoms with Crippen LogP contribution in [0.5, 0.6) is 0 Å². The average molecular weight is 196 g/mol. The van der Waals surface area contributed by atoms with Gasteiger partial charge in [-0.15, -0.1) is 0 Å². The number of rotatable bonds is 0. The predicted octanol–water partition coefficient (Wildman–Crippen LogP) is 1.97. The van der Waals surface area contributed by atoms with Gasteiger partial charge in [-0.3, -0.25) is 4.79 Å². The maximum absolute atomic E-state index is 11.7. The number of carbonyl (C=O) groups is 1. The molecule has 0 N–H and O–H groups in total. The lowest BCUT2D eigenvalue weighted by molar-refractivity contribution is 0.0781. The Bertz CT molecular complexity index is 362. The Hall–Kier alpha value is -1.02. The molecule has 3 heteroatoms. The Morgan fingerprint density at radius 2 is 2.23 bits per heavy atom. The molecule has 0 aromatic heterocycles. The number of hydrogen-bond acceptors (Lipinski definition) is 1. The van der Waals surface area contributed by atoms with Gasteiger partial charge in [0, 0.05) is 13.6 Å². The van der Waals surface area contributed by atoms with Gasteiger partial charge < -0.3 is 4.90 Å². The van der Waals surface area contributed by atoms with Gasteiger partial charge in [0.2, 0.25) is 0 Å². The quantitative estimate of drug-likeness (QED) is 0.620. The van der Waals surface area contributed by atoms with Crippen LogP contribution in [-0.2, 0) is 6.42 Å². The summed E-state index contributed by atoms with van der Waals surface area (Å²) in [5, 5.41) is 0.564. The highest BCUT2D eigenvalue weighted by Gasteiger charge is 2.23. The van der Waals surface area contributed by atoms with Gasteiger partial charge in [-0.2, -0.15) is 0 Å². The predicted molar refractivity (Wildman–Crippen MR) is 52.1 cm³/mol. The van der Waals surface area contributed by atoms with E-state index < -0.39 is 0 Å². The molecule has 0 fully saturated rings. The summed E-state index contributed by atoms with van der Waals surface area (Å²) in [5.41, 5.74) is 1.74. The third kappa shape index (κ3) is 1.31. The molecule has 0 saturated heterocycles. The van der Waals surface area contributed by atoms with E-state index in [1.807, 2.05) is 12.1 Å². The fourth-order valence-corrected chi connectivity index (χ4v) is 1.87. The molecule has 0 atom stereocenters. The fraction of sp³-hybridized carbons (Fsp3) is 0.300. The van der Waals surface area contributed by atoms with E-state index >= 15 is 0 Å². The Morgan fingerprint density at radius 1 is 1.46 bits per heavy atom. The standard InChI is InChI=1S/C10H10ClNO/c1-12-6-5-7-3-2-4-8(11)9(7)10(12)13/h2-4H,5-6H2,1H3. The average Bonchev–Trinajstić information content (AvgIpc) is 2.12. The van der Waals surface area contributed by atoms with Crippen molar-refractivity contribution in [3.8, 4) is 0 Å². The maximum Gasteiger partial charge on any atom is 0.255 e. The highest BCUT2D eigenvalue weighted by Crippen LogP contribution is 2.25. The second kappa shape index (κ2) is 3.04. The first kappa shape index (κ1) is 8.57. The second-order valence-electron chi connectivity index (χ2n) is 3.25. The van der Waals surface area contributed by atoms with Gasteiger partial charge in [0.05, 0.1) is 10.6 Å². The molecule has 1 aromatic rings. The molecule has 13 heavy (non-hydrogen) atoms. The van der Waals surface area contributed by atoms with Crippen LogP contribution in [0.25, 0.3) is 0 Å². The van der Waals surface area contributed by atoms with Crippen molar-refractivity contribution < 1.29 is 4.79 Å². The molecule has 1 amide bonds. The smallest absolute Gasteiger partial charge is 0.255 e. The summed E-state index contributed by atoms with van der Waals surface area (Å²) < 4.78 is 0. The van der Waals surface area contributed by atoms with E-state index in [4.69, 9.17) is 11.6 Å². The third-order valence-electron chi connectivity index (χ3n) is 2.38. The number of hydrogen-bond donors (Lipinski definition) is 0. The number of likely N-dealkylation sites (N-methyl/N-ethyl adjacent to an activating group) is 1. The minimum atomic E-state index is 0.0341. The SMILES string of the molecule is CN1CCc2cccc(Cl)c2C1=O. The Labute approximate surface area is 82.1 Å². The van der Waals surface area contributed by atoms with Crippen LogP contribution in [0.2, 0.25) is 5.02 Å². The van der Waals surface area contributed by atoms with Crippen molar-refractivity contribution in [3.63, 3.8) is 0 Å². The Balaban J connectivity index is 2.57. The monoisotopic (exact) mass is 195 g/mol. The summed E-state index contributed by atoms with van der Waals surface area (Å²) in [7, 11) is 1.80. The summed E-state index contributed by atoms with van der Waals surface area (Å²) in [6.07, 6.45) is 0.901. The van der Waals surface area contributed by atoms with E-state index in [0.717, 1.165) is 18.5 Å². The molecule has 0 saturated carbocycles. The molecular weight excluding hydrogens is 186 g/mol. The third-order valence-corrected chi connectivity index (χ3v) is 2.69. The van der Waals surface area contributed by atoms with Crippen molar-refractivity contribution in [2.75, 3.05) is 13.6 Å². The molecule has 1 heterocycles. The minimum absolute atomic E-state index is 0.0341. The number of amides is 1. The van der Waals surface area contributed by atoms with E-state index in [2.05, 4.69) is 0 Å². The zero-order valence-corrected chi connectivity index (χ0v) is 8.14. The molecule has 1 aliphatic heterocycles. The van der Waals surface area contributed by atoms with Gasteiger partial charge in [-0.25, -0.2) is 0 Å². The molecule has 0 unspecified atom stereocenters. The van der Waals surface area contributed by atoms with E-state index in [9.17, 15) is 4.79 Å². The highest BCUT2D eigenvalue weighted by atomic mass is 35.5. The highest BCUT2D eigenvalue weighted by molar-refractivity contribution is 6.34. The zero-order valence-electron chi connectivity index (χ0n) is 7.38. The lowest BCUT2D eigenvalue weighted by Gasteiger charge is -2.25. The van der Waals surface area contributed by atoms with Gasteiger partial charge in [0.1, 0.15) is 0 Å². The van der Waals surface area contributed by atoms with Gasteiger partial charge in [0.25, 0.3) is 5.91 Å². The van der Waals surface area contributed by atoms with E-state index in [1.165, 1.54) is 0 Å². The number of fused-ring (bicyclic) bond motifs is 1. The number of carbonyl (C=O) groups excluding carboxylic acids is 1. The van der Waals surface area contributed by atoms with Crippen LogP contribution in [0.3, 0.4) is 0 Å². The molecule has 0 radical (unpaired) electrons. The molecule has 1 aliphatic rings. The molecule has 2 nitrogen and oxygen atoms in total. The summed E-state index contributed by atoms with van der Waals surface area (Å²) >= 11 is 5.95. The van der Waals surface area contributed by atoms with Crippen molar-refractivity contribution in [2.24, 2.45) is 0 Å². The van der Waals surface area contributed by atoms with Gasteiger partial charge >= 0.3 is 0 Å². The second-order valence-corrected chi connectivity index (χ2v) is 3.66. The molecule has 0 aliphatic carbocycles. The van der Waals surface area contributed by atoms with Crippen LogP contribution in [0.1, 0.15) is 15.9 Å². The van der Waals surface area contributed by atoms with E-state index in [0.29, 0.717) is 10.6 Å². The van der Waals surface area contributed by atoms with E-state index in [-0.39, 0.29) is 5.91 Å². The summed E-state index contributed by atoms with van der Waals surface area (Å²) in [6, 6.07) is 5.61. The van der Waals surface area contributed by atoms with Gasteiger partial charge in [0.15, 0.2) is 0 Å². The molecule has 0 spiro atoms. The molecule has 68 valence electrons. The van der Waals surface area contributed by atoms with Crippen LogP contribution in [0, 0.1) is 0 Å². The summed E-state index contributed by atoms with van der Waals surface area (Å²) in [6.45, 7) is 0.784. The fourth-order valence-electron chi connectivity index (χ4n) is 1.60. The Morgan fingerprint density at radius 3 is 3.00 bits per heavy atom. The van der Waals surface area contributed by atoms with Crippen molar-refractivity contribution in [1.82, 2.24) is 4.90 Å². The first-order chi connectivity index (χ1) is 6.20. The van der Waals surface area contributed by atoms with Crippen molar-refractivity contribution in [2.45, 2.75) is 6.42 Å². The first-order valence-electron chi connectivity index (χ1n) is 4.23. The van der Waals surface area contributed by atoms with Crippen LogP contribution in [-0.4, -0.2) is 24.4 Å². The normalized spacial score (nSPS) is 15.8. The lowest BCUT2D eigenvalue weighted by Crippen LogP contribution is -2.34. The number of benzene rings is 1. The molecule has 0 bridgehead atoms. The van der Waals surface area contributed by atoms with E-state index in [1.54, 1.807) is 18.0 Å². The Kier molecular flexibility index (Phi) is 2.00. The van der Waals surface area contributed by atoms with Crippen molar-refractivity contribution in [1.29, 1.82) is 0 Å². The van der Waals surface area contributed by atoms with Crippen LogP contribution < -0.4 is 0 Å². The molecular formula is C10H10ClNO. The van der Waals surface area contributed by atoms with Crippen molar-refractivity contribution in [3.05, 3.63) is 34.3 Å². The van der Waals surface area contributed by atoms with Crippen LogP contribution in [0.4, 0.5) is 0 Å². The molecule has 1 aromatic carbocycles. The first-order valence-corrected chi connectivity index (χ1v) is 4.61. The number of nitrogens with zero attached hydrogens (tertiary/aromatic N) is 1. The van der Waals surface area contributed by atoms with Gasteiger partial charge in [-0.1, -0.05) is 23.7 Å². The van der Waals surface area contributed by atoms with Crippen LogP contribution in [0.15, 0.2) is 18.2 Å². The van der Waals surface area contributed by atoms with Crippen LogP contribution >= 0.6 is 11.6 Å². The zero-order chi connectivity index (χ0) is 9.42. The summed E-state index contributed by atoms with van der Waals surface area (Å²) in [4.78, 5) is 13.4. The molecule has 2 rings (SSSR count).